The fourth-order valence-corrected chi connectivity index (χ4v) is 3.92. The van der Waals surface area contributed by atoms with E-state index in [9.17, 15) is 26.3 Å². The number of hydrogen-bond acceptors (Lipinski definition) is 3. The molecule has 1 fully saturated rings. The number of halogens is 6. The van der Waals surface area contributed by atoms with Crippen LogP contribution in [0.2, 0.25) is 0 Å². The van der Waals surface area contributed by atoms with Crippen LogP contribution in [0.1, 0.15) is 39.9 Å². The van der Waals surface area contributed by atoms with Gasteiger partial charge < -0.3 is 4.74 Å². The minimum absolute atomic E-state index is 0.109. The van der Waals surface area contributed by atoms with Crippen LogP contribution in [0.25, 0.3) is 0 Å². The summed E-state index contributed by atoms with van der Waals surface area (Å²) in [5.74, 6) is 0. The molecule has 1 saturated heterocycles. The molecule has 2 atom stereocenters. The maximum absolute atomic E-state index is 13.3. The van der Waals surface area contributed by atoms with Gasteiger partial charge in [0.2, 0.25) is 0 Å². The van der Waals surface area contributed by atoms with Crippen molar-refractivity contribution in [3.8, 4) is 0 Å². The van der Waals surface area contributed by atoms with E-state index in [0.29, 0.717) is 12.1 Å². The lowest BCUT2D eigenvalue weighted by Gasteiger charge is -2.41. The summed E-state index contributed by atoms with van der Waals surface area (Å²) in [6, 6.07) is 19.1. The van der Waals surface area contributed by atoms with Crippen molar-refractivity contribution in [1.82, 2.24) is 5.06 Å². The predicted molar refractivity (Wildman–Crippen MR) is 112 cm³/mol. The number of alkyl halides is 6. The molecule has 1 heterocycles. The number of nitrogens with zero attached hydrogens (tertiary/aromatic N) is 1. The quantitative estimate of drug-likeness (QED) is 0.368. The van der Waals surface area contributed by atoms with Gasteiger partial charge in [0.05, 0.1) is 43.0 Å². The van der Waals surface area contributed by atoms with Gasteiger partial charge in [0.1, 0.15) is 0 Å². The van der Waals surface area contributed by atoms with E-state index in [1.807, 2.05) is 60.7 Å². The zero-order chi connectivity index (χ0) is 24.3. The van der Waals surface area contributed by atoms with Gasteiger partial charge in [0.15, 0.2) is 0 Å². The molecule has 0 radical (unpaired) electrons. The highest BCUT2D eigenvalue weighted by atomic mass is 19.4. The highest BCUT2D eigenvalue weighted by Gasteiger charge is 2.38. The predicted octanol–water partition coefficient (Wildman–Crippen LogP) is 6.97. The summed E-state index contributed by atoms with van der Waals surface area (Å²) in [6.45, 7) is 0.0349. The minimum Gasteiger partial charge on any atom is -0.377 e. The molecule has 3 aromatic carbocycles. The second kappa shape index (κ2) is 9.77. The standard InChI is InChI=1S/C25H21F6NO2/c26-24(27,28)20-11-17(12-21(13-20)25(29,30)31)14-34-32-22(18-7-3-1-4-8-18)15-33-16-23(32)19-9-5-2-6-10-19/h1-13,22-23H,14-16H2/t22-,23-/m0/s1. The Bertz CT molecular complexity index is 1010. The number of rotatable bonds is 5. The van der Waals surface area contributed by atoms with Gasteiger partial charge in [-0.15, -0.1) is 0 Å². The summed E-state index contributed by atoms with van der Waals surface area (Å²) < 4.78 is 85.4. The molecule has 1 aliphatic heterocycles. The Labute approximate surface area is 192 Å². The first-order chi connectivity index (χ1) is 16.1. The SMILES string of the molecule is FC(F)(F)c1cc(CON2[C@H](c3ccccc3)COC[C@H]2c2ccccc2)cc(C(F)(F)F)c1. The first-order valence-electron chi connectivity index (χ1n) is 10.5. The number of morpholine rings is 1. The van der Waals surface area contributed by atoms with Crippen molar-refractivity contribution >= 4 is 0 Å². The fraction of sp³-hybridized carbons (Fsp3) is 0.280. The van der Waals surface area contributed by atoms with E-state index in [4.69, 9.17) is 9.57 Å². The van der Waals surface area contributed by atoms with Gasteiger partial charge in [-0.1, -0.05) is 60.7 Å². The average Bonchev–Trinajstić information content (AvgIpc) is 2.82. The Balaban J connectivity index is 1.67. The smallest absolute Gasteiger partial charge is 0.377 e. The van der Waals surface area contributed by atoms with Crippen LogP contribution >= 0.6 is 0 Å². The monoisotopic (exact) mass is 481 g/mol. The van der Waals surface area contributed by atoms with Gasteiger partial charge in [0, 0.05) is 0 Å². The molecule has 3 aromatic rings. The van der Waals surface area contributed by atoms with Crippen molar-refractivity contribution in [2.24, 2.45) is 0 Å². The van der Waals surface area contributed by atoms with E-state index in [1.165, 1.54) is 0 Å². The van der Waals surface area contributed by atoms with Crippen LogP contribution in [-0.2, 0) is 28.5 Å². The molecule has 0 aliphatic carbocycles. The second-order valence-electron chi connectivity index (χ2n) is 7.94. The third kappa shape index (κ3) is 5.60. The van der Waals surface area contributed by atoms with Crippen molar-refractivity contribution < 1.29 is 35.9 Å². The van der Waals surface area contributed by atoms with E-state index in [2.05, 4.69) is 0 Å². The molecule has 1 aliphatic rings. The topological polar surface area (TPSA) is 21.7 Å². The van der Waals surface area contributed by atoms with Crippen molar-refractivity contribution in [1.29, 1.82) is 0 Å². The van der Waals surface area contributed by atoms with Crippen LogP contribution in [0, 0.1) is 0 Å². The molecule has 180 valence electrons. The summed E-state index contributed by atoms with van der Waals surface area (Å²) >= 11 is 0. The molecule has 0 unspecified atom stereocenters. The second-order valence-corrected chi connectivity index (χ2v) is 7.94. The normalized spacial score (nSPS) is 19.8. The number of ether oxygens (including phenoxy) is 1. The van der Waals surface area contributed by atoms with E-state index < -0.39 is 42.2 Å². The van der Waals surface area contributed by atoms with E-state index in [0.717, 1.165) is 11.1 Å². The largest absolute Gasteiger partial charge is 0.416 e. The number of benzene rings is 3. The van der Waals surface area contributed by atoms with Crippen molar-refractivity contribution in [3.05, 3.63) is 107 Å². The Morgan fingerprint density at radius 2 is 1.15 bits per heavy atom. The lowest BCUT2D eigenvalue weighted by Crippen LogP contribution is -2.42. The lowest BCUT2D eigenvalue weighted by atomic mass is 10.0. The van der Waals surface area contributed by atoms with Gasteiger partial charge >= 0.3 is 12.4 Å². The highest BCUT2D eigenvalue weighted by molar-refractivity contribution is 5.33. The number of hydroxylamine groups is 2. The van der Waals surface area contributed by atoms with Crippen molar-refractivity contribution in [3.63, 3.8) is 0 Å². The van der Waals surface area contributed by atoms with Crippen LogP contribution in [0.5, 0.6) is 0 Å². The van der Waals surface area contributed by atoms with Gasteiger partial charge in [0.25, 0.3) is 0 Å². The summed E-state index contributed by atoms with van der Waals surface area (Å²) in [7, 11) is 0. The van der Waals surface area contributed by atoms with E-state index in [1.54, 1.807) is 5.06 Å². The Kier molecular flexibility index (Phi) is 6.97. The number of hydrogen-bond donors (Lipinski definition) is 0. The minimum atomic E-state index is -4.92. The zero-order valence-corrected chi connectivity index (χ0v) is 17.8. The van der Waals surface area contributed by atoms with Gasteiger partial charge in [-0.3, -0.25) is 4.84 Å². The molecule has 0 spiro atoms. The fourth-order valence-electron chi connectivity index (χ4n) is 3.92. The summed E-state index contributed by atoms with van der Waals surface area (Å²) in [4.78, 5) is 5.96. The molecule has 9 heteroatoms. The molecule has 0 N–H and O–H groups in total. The van der Waals surface area contributed by atoms with Gasteiger partial charge in [-0.05, 0) is 34.9 Å². The Morgan fingerprint density at radius 1 is 0.706 bits per heavy atom. The first-order valence-corrected chi connectivity index (χ1v) is 10.5. The third-order valence-corrected chi connectivity index (χ3v) is 5.56. The maximum Gasteiger partial charge on any atom is 0.416 e. The molecular weight excluding hydrogens is 460 g/mol. The van der Waals surface area contributed by atoms with Crippen molar-refractivity contribution in [2.75, 3.05) is 13.2 Å². The zero-order valence-electron chi connectivity index (χ0n) is 17.8. The lowest BCUT2D eigenvalue weighted by molar-refractivity contribution is -0.267. The Morgan fingerprint density at radius 3 is 1.56 bits per heavy atom. The molecule has 0 aromatic heterocycles. The maximum atomic E-state index is 13.3. The Hall–Kier alpha value is -2.88. The molecule has 3 nitrogen and oxygen atoms in total. The average molecular weight is 481 g/mol. The molecule has 0 amide bonds. The summed E-state index contributed by atoms with van der Waals surface area (Å²) in [6.07, 6.45) is -9.84. The van der Waals surface area contributed by atoms with Crippen molar-refractivity contribution in [2.45, 2.75) is 31.0 Å². The van der Waals surface area contributed by atoms with Gasteiger partial charge in [-0.2, -0.15) is 31.4 Å². The van der Waals surface area contributed by atoms with Crippen LogP contribution in [0.4, 0.5) is 26.3 Å². The molecule has 4 rings (SSSR count). The molecular formula is C25H21F6NO2. The molecule has 0 bridgehead atoms. The van der Waals surface area contributed by atoms with Crippen LogP contribution in [-0.4, -0.2) is 18.3 Å². The van der Waals surface area contributed by atoms with E-state index in [-0.39, 0.29) is 24.8 Å². The van der Waals surface area contributed by atoms with Crippen LogP contribution < -0.4 is 0 Å². The van der Waals surface area contributed by atoms with Crippen LogP contribution in [0.3, 0.4) is 0 Å². The van der Waals surface area contributed by atoms with Crippen LogP contribution in [0.15, 0.2) is 78.9 Å². The molecule has 34 heavy (non-hydrogen) atoms. The summed E-state index contributed by atoms with van der Waals surface area (Å²) in [5.41, 5.74) is -1.28. The van der Waals surface area contributed by atoms with Gasteiger partial charge in [-0.25, -0.2) is 0 Å². The van der Waals surface area contributed by atoms with E-state index >= 15 is 0 Å². The highest BCUT2D eigenvalue weighted by Crippen LogP contribution is 2.38. The first kappa shape index (κ1) is 24.3. The molecule has 0 saturated carbocycles. The summed E-state index contributed by atoms with van der Waals surface area (Å²) in [5, 5.41) is 1.61. The third-order valence-electron chi connectivity index (χ3n) is 5.56.